The van der Waals surface area contributed by atoms with Crippen molar-refractivity contribution >= 4 is 18.9 Å². The molecule has 0 radical (unpaired) electrons. The molecule has 3 rings (SSSR count). The van der Waals surface area contributed by atoms with E-state index in [-0.39, 0.29) is 24.2 Å². The maximum absolute atomic E-state index is 13.4. The number of hydrogen-bond donors (Lipinski definition) is 4. The van der Waals surface area contributed by atoms with Gasteiger partial charge in [-0.3, -0.25) is 9.59 Å². The lowest BCUT2D eigenvalue weighted by Crippen LogP contribution is -2.55. The molecule has 0 saturated carbocycles. The van der Waals surface area contributed by atoms with Gasteiger partial charge in [0.2, 0.25) is 11.8 Å². The average molecular weight is 496 g/mol. The van der Waals surface area contributed by atoms with Crippen molar-refractivity contribution in [1.82, 2.24) is 10.6 Å². The zero-order valence-corrected chi connectivity index (χ0v) is 21.5. The normalized spacial score (nSPS) is 16.5. The fraction of sp³-hybridized carbons (Fsp3) is 0.481. The number of aryl methyl sites for hydroxylation is 1. The van der Waals surface area contributed by atoms with Crippen molar-refractivity contribution in [1.29, 1.82) is 0 Å². The molecule has 3 atom stereocenters. The summed E-state index contributed by atoms with van der Waals surface area (Å²) in [6, 6.07) is 12.4. The number of ether oxygens (including phenoxy) is 2. The van der Waals surface area contributed by atoms with Crippen LogP contribution in [0.15, 0.2) is 42.5 Å². The molecule has 1 aliphatic carbocycles. The molecular formula is C27H37BN2O6. The van der Waals surface area contributed by atoms with Gasteiger partial charge in [0.15, 0.2) is 0 Å². The zero-order valence-electron chi connectivity index (χ0n) is 21.5. The highest BCUT2D eigenvalue weighted by Crippen LogP contribution is 2.36. The van der Waals surface area contributed by atoms with E-state index >= 15 is 0 Å². The largest absolute Gasteiger partial charge is 0.497 e. The molecule has 0 bridgehead atoms. The summed E-state index contributed by atoms with van der Waals surface area (Å²) in [4.78, 5) is 26.6. The van der Waals surface area contributed by atoms with Gasteiger partial charge < -0.3 is 30.2 Å². The minimum absolute atomic E-state index is 0.148. The van der Waals surface area contributed by atoms with Gasteiger partial charge in [-0.05, 0) is 54.4 Å². The number of amides is 2. The van der Waals surface area contributed by atoms with E-state index in [2.05, 4.69) is 10.6 Å². The lowest BCUT2D eigenvalue weighted by molar-refractivity contribution is -0.131. The Morgan fingerprint density at radius 2 is 1.81 bits per heavy atom. The number of fused-ring (bicyclic) bond motifs is 1. The Morgan fingerprint density at radius 1 is 1.08 bits per heavy atom. The molecule has 1 aliphatic rings. The number of hydrogen-bond acceptors (Lipinski definition) is 6. The molecule has 2 aromatic carbocycles. The molecule has 8 nitrogen and oxygen atoms in total. The summed E-state index contributed by atoms with van der Waals surface area (Å²) in [5, 5.41) is 25.2. The van der Waals surface area contributed by atoms with Gasteiger partial charge in [-0.15, -0.1) is 0 Å². The van der Waals surface area contributed by atoms with E-state index in [1.165, 1.54) is 0 Å². The van der Waals surface area contributed by atoms with Gasteiger partial charge in [-0.2, -0.15) is 0 Å². The van der Waals surface area contributed by atoms with E-state index < -0.39 is 25.0 Å². The molecule has 2 amide bonds. The Kier molecular flexibility index (Phi) is 9.78. The molecule has 4 N–H and O–H groups in total. The first-order chi connectivity index (χ1) is 17.2. The molecule has 0 saturated heterocycles. The van der Waals surface area contributed by atoms with Gasteiger partial charge in [0, 0.05) is 18.4 Å². The number of benzene rings is 2. The topological polar surface area (TPSA) is 117 Å². The fourth-order valence-electron chi connectivity index (χ4n) is 4.73. The maximum Gasteiger partial charge on any atom is 0.475 e. The van der Waals surface area contributed by atoms with Crippen molar-refractivity contribution in [2.75, 3.05) is 14.2 Å². The molecule has 0 aliphatic heterocycles. The molecule has 36 heavy (non-hydrogen) atoms. The number of rotatable bonds is 11. The minimum atomic E-state index is -1.69. The van der Waals surface area contributed by atoms with Crippen molar-refractivity contribution in [2.45, 2.75) is 57.9 Å². The third-order valence-corrected chi connectivity index (χ3v) is 6.64. The van der Waals surface area contributed by atoms with Crippen molar-refractivity contribution in [3.05, 3.63) is 59.2 Å². The van der Waals surface area contributed by atoms with Crippen LogP contribution in [0.25, 0.3) is 0 Å². The first-order valence-electron chi connectivity index (χ1n) is 12.5. The fourth-order valence-corrected chi connectivity index (χ4v) is 4.73. The third-order valence-electron chi connectivity index (χ3n) is 6.64. The van der Waals surface area contributed by atoms with Gasteiger partial charge in [-0.25, -0.2) is 0 Å². The molecule has 0 fully saturated rings. The number of carbonyl (C=O) groups excluding carboxylic acids is 2. The Hall–Kier alpha value is -3.04. The van der Waals surface area contributed by atoms with Crippen LogP contribution in [0, 0.1) is 11.8 Å². The van der Waals surface area contributed by atoms with Crippen LogP contribution in [0.4, 0.5) is 0 Å². The lowest BCUT2D eigenvalue weighted by Gasteiger charge is -2.28. The van der Waals surface area contributed by atoms with Crippen LogP contribution in [0.2, 0.25) is 0 Å². The average Bonchev–Trinajstić information content (AvgIpc) is 2.86. The van der Waals surface area contributed by atoms with Crippen molar-refractivity contribution in [3.63, 3.8) is 0 Å². The minimum Gasteiger partial charge on any atom is -0.497 e. The van der Waals surface area contributed by atoms with Gasteiger partial charge in [0.1, 0.15) is 17.5 Å². The quantitative estimate of drug-likeness (QED) is 0.354. The van der Waals surface area contributed by atoms with Gasteiger partial charge in [0.25, 0.3) is 0 Å². The monoisotopic (exact) mass is 496 g/mol. The molecule has 9 heteroatoms. The summed E-state index contributed by atoms with van der Waals surface area (Å²) in [6.45, 7) is 3.88. The maximum atomic E-state index is 13.4. The van der Waals surface area contributed by atoms with E-state index in [1.807, 2.05) is 56.3 Å². The first-order valence-corrected chi connectivity index (χ1v) is 12.5. The second-order valence-corrected chi connectivity index (χ2v) is 9.82. The van der Waals surface area contributed by atoms with Crippen LogP contribution < -0.4 is 20.1 Å². The Bertz CT molecular complexity index is 1010. The zero-order chi connectivity index (χ0) is 26.2. The highest BCUT2D eigenvalue weighted by Gasteiger charge is 2.33. The Balaban J connectivity index is 1.77. The summed E-state index contributed by atoms with van der Waals surface area (Å²) in [5.74, 6) is -0.238. The van der Waals surface area contributed by atoms with Crippen molar-refractivity contribution in [2.24, 2.45) is 11.8 Å². The first kappa shape index (κ1) is 27.6. The van der Waals surface area contributed by atoms with Crippen LogP contribution in [-0.4, -0.2) is 55.2 Å². The van der Waals surface area contributed by atoms with Crippen LogP contribution >= 0.6 is 0 Å². The van der Waals surface area contributed by atoms with Gasteiger partial charge >= 0.3 is 7.12 Å². The summed E-state index contributed by atoms with van der Waals surface area (Å²) < 4.78 is 10.9. The van der Waals surface area contributed by atoms with Crippen LogP contribution in [0.5, 0.6) is 11.5 Å². The molecule has 0 heterocycles. The van der Waals surface area contributed by atoms with Crippen molar-refractivity contribution < 1.29 is 29.1 Å². The predicted octanol–water partition coefficient (Wildman–Crippen LogP) is 2.08. The summed E-state index contributed by atoms with van der Waals surface area (Å²) >= 11 is 0. The van der Waals surface area contributed by atoms with Gasteiger partial charge in [0.05, 0.1) is 20.2 Å². The molecule has 0 aromatic heterocycles. The van der Waals surface area contributed by atoms with Crippen LogP contribution in [-0.2, 0) is 28.9 Å². The van der Waals surface area contributed by atoms with E-state index in [4.69, 9.17) is 9.47 Å². The smallest absolute Gasteiger partial charge is 0.475 e. The standard InChI is InChI=1S/C27H37BN2O6/c1-17(2)12-25(28(33)34)30-27(32)23(13-18-8-6-5-7-9-18)29-26(31)20-11-10-19-14-21(35-3)16-24(36-4)22(19)15-20/h5-9,14,16-17,20,23,25,33-34H,10-13,15H2,1-4H3,(H,29,31)(H,30,32)/t20?,23-,25-/m0/s1. The highest BCUT2D eigenvalue weighted by molar-refractivity contribution is 6.43. The van der Waals surface area contributed by atoms with E-state index in [9.17, 15) is 19.6 Å². The molecule has 1 unspecified atom stereocenters. The van der Waals surface area contributed by atoms with Crippen LogP contribution in [0.3, 0.4) is 0 Å². The predicted molar refractivity (Wildman–Crippen MR) is 139 cm³/mol. The molecular weight excluding hydrogens is 459 g/mol. The molecule has 194 valence electrons. The van der Waals surface area contributed by atoms with Crippen molar-refractivity contribution in [3.8, 4) is 11.5 Å². The summed E-state index contributed by atoms with van der Waals surface area (Å²) in [5.41, 5.74) is 2.97. The molecule has 0 spiro atoms. The SMILES string of the molecule is COc1cc2c(c(OC)c1)CC(C(=O)N[C@@H](Cc1ccccc1)C(=O)N[C@@H](CC(C)C)B(O)O)CC2. The lowest BCUT2D eigenvalue weighted by atomic mass is 9.75. The highest BCUT2D eigenvalue weighted by atomic mass is 16.5. The van der Waals surface area contributed by atoms with Crippen LogP contribution in [0.1, 0.15) is 43.4 Å². The summed E-state index contributed by atoms with van der Waals surface area (Å²) in [7, 11) is 1.52. The third kappa shape index (κ3) is 7.24. The Labute approximate surface area is 213 Å². The Morgan fingerprint density at radius 3 is 2.42 bits per heavy atom. The molecule has 2 aromatic rings. The number of carbonyl (C=O) groups is 2. The van der Waals surface area contributed by atoms with Gasteiger partial charge in [-0.1, -0.05) is 44.2 Å². The second-order valence-electron chi connectivity index (χ2n) is 9.82. The van der Waals surface area contributed by atoms with E-state index in [0.29, 0.717) is 31.4 Å². The van der Waals surface area contributed by atoms with E-state index in [0.717, 1.165) is 22.4 Å². The number of nitrogens with one attached hydrogen (secondary N) is 2. The van der Waals surface area contributed by atoms with E-state index in [1.54, 1.807) is 14.2 Å². The second kappa shape index (κ2) is 12.8. The number of methoxy groups -OCH3 is 2. The summed E-state index contributed by atoms with van der Waals surface area (Å²) in [6.07, 6.45) is 2.53.